The molecule has 1 heterocycles. The van der Waals surface area contributed by atoms with Gasteiger partial charge in [-0.2, -0.15) is 0 Å². The molecule has 5 heteroatoms. The van der Waals surface area contributed by atoms with Crippen molar-refractivity contribution in [3.8, 4) is 5.75 Å². The average molecular weight is 430 g/mol. The van der Waals surface area contributed by atoms with Crippen LogP contribution >= 0.6 is 0 Å². The molecule has 0 bridgehead atoms. The first-order valence-electron chi connectivity index (χ1n) is 11.2. The van der Waals surface area contributed by atoms with Gasteiger partial charge in [-0.1, -0.05) is 72.8 Å². The molecule has 1 aliphatic rings. The fourth-order valence-electron chi connectivity index (χ4n) is 4.01. The number of amides is 1. The van der Waals surface area contributed by atoms with Crippen molar-refractivity contribution >= 4 is 5.91 Å². The van der Waals surface area contributed by atoms with E-state index in [-0.39, 0.29) is 5.91 Å². The minimum atomic E-state index is -0.522. The maximum atomic E-state index is 12.9. The SMILES string of the molecule is NC(Cc1ccc(OCc2ccccc2)cc1)C(=O)N1CCN(Cc2ccccc2)CC1. The monoisotopic (exact) mass is 429 g/mol. The second-order valence-corrected chi connectivity index (χ2v) is 8.32. The van der Waals surface area contributed by atoms with Crippen molar-refractivity contribution in [2.24, 2.45) is 5.73 Å². The normalized spacial score (nSPS) is 15.3. The van der Waals surface area contributed by atoms with E-state index in [9.17, 15) is 4.79 Å². The number of ether oxygens (including phenoxy) is 1. The Morgan fingerprint density at radius 3 is 2.00 bits per heavy atom. The number of hydrogen-bond donors (Lipinski definition) is 1. The third-order valence-corrected chi connectivity index (χ3v) is 5.88. The molecule has 1 atom stereocenters. The van der Waals surface area contributed by atoms with Crippen LogP contribution in [-0.2, 0) is 24.4 Å². The number of piperazine rings is 1. The molecule has 3 aromatic rings. The van der Waals surface area contributed by atoms with Crippen LogP contribution in [0.3, 0.4) is 0 Å². The average Bonchev–Trinajstić information content (AvgIpc) is 2.85. The summed E-state index contributed by atoms with van der Waals surface area (Å²) >= 11 is 0. The van der Waals surface area contributed by atoms with Crippen LogP contribution in [0.15, 0.2) is 84.9 Å². The zero-order valence-corrected chi connectivity index (χ0v) is 18.4. The van der Waals surface area contributed by atoms with E-state index in [1.54, 1.807) is 0 Å². The summed E-state index contributed by atoms with van der Waals surface area (Å²) in [7, 11) is 0. The van der Waals surface area contributed by atoms with Gasteiger partial charge in [0.25, 0.3) is 0 Å². The predicted octanol–water partition coefficient (Wildman–Crippen LogP) is 3.48. The Kier molecular flexibility index (Phi) is 7.54. The molecule has 1 amide bonds. The highest BCUT2D eigenvalue weighted by molar-refractivity contribution is 5.82. The van der Waals surface area contributed by atoms with E-state index < -0.39 is 6.04 Å². The van der Waals surface area contributed by atoms with Gasteiger partial charge in [0, 0.05) is 32.7 Å². The Morgan fingerprint density at radius 2 is 1.38 bits per heavy atom. The number of nitrogens with zero attached hydrogens (tertiary/aromatic N) is 2. The first-order chi connectivity index (χ1) is 15.7. The number of carbonyl (C=O) groups is 1. The Labute approximate surface area is 190 Å². The smallest absolute Gasteiger partial charge is 0.239 e. The van der Waals surface area contributed by atoms with E-state index in [0.717, 1.165) is 49.6 Å². The summed E-state index contributed by atoms with van der Waals surface area (Å²) in [6.45, 7) is 4.67. The van der Waals surface area contributed by atoms with E-state index >= 15 is 0 Å². The summed E-state index contributed by atoms with van der Waals surface area (Å²) in [6.07, 6.45) is 0.530. The Balaban J connectivity index is 1.22. The van der Waals surface area contributed by atoms with Crippen LogP contribution in [0.25, 0.3) is 0 Å². The van der Waals surface area contributed by atoms with Crippen molar-refractivity contribution in [1.82, 2.24) is 9.80 Å². The second kappa shape index (κ2) is 10.9. The number of benzene rings is 3. The third-order valence-electron chi connectivity index (χ3n) is 5.88. The highest BCUT2D eigenvalue weighted by Crippen LogP contribution is 2.16. The fourth-order valence-corrected chi connectivity index (χ4v) is 4.01. The van der Waals surface area contributed by atoms with Crippen molar-refractivity contribution in [1.29, 1.82) is 0 Å². The molecular weight excluding hydrogens is 398 g/mol. The van der Waals surface area contributed by atoms with Crippen LogP contribution < -0.4 is 10.5 Å². The number of nitrogens with two attached hydrogens (primary N) is 1. The van der Waals surface area contributed by atoms with E-state index in [2.05, 4.69) is 29.2 Å². The van der Waals surface area contributed by atoms with Crippen molar-refractivity contribution in [3.05, 3.63) is 102 Å². The topological polar surface area (TPSA) is 58.8 Å². The zero-order chi connectivity index (χ0) is 22.2. The van der Waals surface area contributed by atoms with Gasteiger partial charge in [-0.05, 0) is 35.2 Å². The van der Waals surface area contributed by atoms with Crippen LogP contribution in [0.1, 0.15) is 16.7 Å². The summed E-state index contributed by atoms with van der Waals surface area (Å²) < 4.78 is 5.84. The Bertz CT molecular complexity index is 969. The molecule has 1 saturated heterocycles. The van der Waals surface area contributed by atoms with Gasteiger partial charge in [0.1, 0.15) is 12.4 Å². The van der Waals surface area contributed by atoms with Gasteiger partial charge in [0.05, 0.1) is 6.04 Å². The van der Waals surface area contributed by atoms with Crippen LogP contribution in [0.5, 0.6) is 5.75 Å². The molecule has 3 aromatic carbocycles. The van der Waals surface area contributed by atoms with E-state index in [4.69, 9.17) is 10.5 Å². The molecule has 0 aromatic heterocycles. The summed E-state index contributed by atoms with van der Waals surface area (Å²) in [6, 6.07) is 27.9. The lowest BCUT2D eigenvalue weighted by Crippen LogP contribution is -2.53. The largest absolute Gasteiger partial charge is 0.489 e. The maximum Gasteiger partial charge on any atom is 0.239 e. The molecule has 0 radical (unpaired) electrons. The lowest BCUT2D eigenvalue weighted by atomic mass is 10.0. The van der Waals surface area contributed by atoms with Gasteiger partial charge in [0.2, 0.25) is 5.91 Å². The van der Waals surface area contributed by atoms with Crippen molar-refractivity contribution < 1.29 is 9.53 Å². The van der Waals surface area contributed by atoms with E-state index in [1.165, 1.54) is 5.56 Å². The molecule has 32 heavy (non-hydrogen) atoms. The van der Waals surface area contributed by atoms with Gasteiger partial charge in [-0.15, -0.1) is 0 Å². The lowest BCUT2D eigenvalue weighted by molar-refractivity contribution is -0.134. The van der Waals surface area contributed by atoms with Crippen LogP contribution in [0.2, 0.25) is 0 Å². The molecule has 0 spiro atoms. The van der Waals surface area contributed by atoms with Gasteiger partial charge in [-0.3, -0.25) is 9.69 Å². The van der Waals surface area contributed by atoms with Gasteiger partial charge in [-0.25, -0.2) is 0 Å². The Hall–Kier alpha value is -3.15. The molecule has 1 aliphatic heterocycles. The zero-order valence-electron chi connectivity index (χ0n) is 18.4. The molecule has 5 nitrogen and oxygen atoms in total. The van der Waals surface area contributed by atoms with E-state index in [1.807, 2.05) is 65.6 Å². The van der Waals surface area contributed by atoms with Crippen LogP contribution in [-0.4, -0.2) is 47.9 Å². The summed E-state index contributed by atoms with van der Waals surface area (Å²) in [5, 5.41) is 0. The minimum absolute atomic E-state index is 0.0359. The summed E-state index contributed by atoms with van der Waals surface area (Å²) in [4.78, 5) is 17.1. The number of carbonyl (C=O) groups excluding carboxylic acids is 1. The van der Waals surface area contributed by atoms with Gasteiger partial charge >= 0.3 is 0 Å². The van der Waals surface area contributed by atoms with Crippen molar-refractivity contribution in [2.75, 3.05) is 26.2 Å². The minimum Gasteiger partial charge on any atom is -0.489 e. The summed E-state index contributed by atoms with van der Waals surface area (Å²) in [5.41, 5.74) is 9.76. The molecule has 0 saturated carbocycles. The fraction of sp³-hybridized carbons (Fsp3) is 0.296. The maximum absolute atomic E-state index is 12.9. The molecular formula is C27H31N3O2. The second-order valence-electron chi connectivity index (χ2n) is 8.32. The van der Waals surface area contributed by atoms with Gasteiger partial charge in [0.15, 0.2) is 0 Å². The predicted molar refractivity (Wildman–Crippen MR) is 127 cm³/mol. The molecule has 1 unspecified atom stereocenters. The van der Waals surface area contributed by atoms with E-state index in [0.29, 0.717) is 13.0 Å². The molecule has 4 rings (SSSR count). The van der Waals surface area contributed by atoms with Crippen LogP contribution in [0, 0.1) is 0 Å². The first-order valence-corrected chi connectivity index (χ1v) is 11.2. The number of rotatable bonds is 8. The van der Waals surface area contributed by atoms with Crippen molar-refractivity contribution in [2.45, 2.75) is 25.6 Å². The highest BCUT2D eigenvalue weighted by Gasteiger charge is 2.25. The number of hydrogen-bond acceptors (Lipinski definition) is 4. The lowest BCUT2D eigenvalue weighted by Gasteiger charge is -2.36. The quantitative estimate of drug-likeness (QED) is 0.596. The highest BCUT2D eigenvalue weighted by atomic mass is 16.5. The first kappa shape index (κ1) is 22.1. The third kappa shape index (κ3) is 6.19. The molecule has 2 N–H and O–H groups in total. The van der Waals surface area contributed by atoms with Crippen LogP contribution in [0.4, 0.5) is 0 Å². The Morgan fingerprint density at radius 1 is 0.781 bits per heavy atom. The molecule has 1 fully saturated rings. The summed E-state index contributed by atoms with van der Waals surface area (Å²) in [5.74, 6) is 0.848. The molecule has 166 valence electrons. The standard InChI is InChI=1S/C27H31N3O2/c28-26(19-22-11-13-25(14-12-22)32-21-24-9-5-2-6-10-24)27(31)30-17-15-29(16-18-30)20-23-7-3-1-4-8-23/h1-14,26H,15-21,28H2. The molecule has 0 aliphatic carbocycles. The van der Waals surface area contributed by atoms with Gasteiger partial charge < -0.3 is 15.4 Å². The van der Waals surface area contributed by atoms with Crippen molar-refractivity contribution in [3.63, 3.8) is 0 Å².